The molecular weight excluding hydrogens is 1130 g/mol. The molecule has 3 saturated heterocycles. The first kappa shape index (κ1) is 80.8. The molecule has 17 atom stereocenters. The van der Waals surface area contributed by atoms with Crippen LogP contribution in [0.1, 0.15) is 290 Å². The molecule has 3 fully saturated rings. The summed E-state index contributed by atoms with van der Waals surface area (Å²) >= 11 is 0. The monoisotopic (exact) mass is 1260 g/mol. The molecule has 0 bridgehead atoms. The van der Waals surface area contributed by atoms with Crippen molar-refractivity contribution in [1.82, 2.24) is 5.32 Å². The molecule has 0 saturated carbocycles. The minimum Gasteiger partial charge on any atom is -0.394 e. The summed E-state index contributed by atoms with van der Waals surface area (Å²) in [7, 11) is 0. The number of allylic oxidation sites excluding steroid dienone is 1. The minimum atomic E-state index is -1.98. The van der Waals surface area contributed by atoms with Gasteiger partial charge in [-0.1, -0.05) is 276 Å². The zero-order chi connectivity index (χ0) is 64.0. The van der Waals surface area contributed by atoms with Gasteiger partial charge in [-0.3, -0.25) is 4.79 Å². The van der Waals surface area contributed by atoms with Gasteiger partial charge in [0, 0.05) is 6.42 Å². The molecular formula is C69H131NO18. The van der Waals surface area contributed by atoms with E-state index in [0.29, 0.717) is 6.42 Å². The Labute approximate surface area is 531 Å². The normalized spacial score (nSPS) is 28.4. The van der Waals surface area contributed by atoms with Crippen molar-refractivity contribution in [3.05, 3.63) is 12.2 Å². The number of hydrogen-bond donors (Lipinski definition) is 12. The second kappa shape index (κ2) is 51.9. The van der Waals surface area contributed by atoms with Gasteiger partial charge >= 0.3 is 0 Å². The van der Waals surface area contributed by atoms with Crippen LogP contribution in [0.3, 0.4) is 0 Å². The van der Waals surface area contributed by atoms with Gasteiger partial charge in [-0.15, -0.1) is 0 Å². The average Bonchev–Trinajstić information content (AvgIpc) is 3.57. The highest BCUT2D eigenvalue weighted by molar-refractivity contribution is 5.76. The third-order valence-electron chi connectivity index (χ3n) is 18.3. The number of amides is 1. The topological polar surface area (TPSA) is 307 Å². The lowest BCUT2D eigenvalue weighted by molar-refractivity contribution is -0.379. The standard InChI is InChI=1S/C69H131NO18/c1-3-5-7-9-11-13-15-17-19-20-21-22-23-24-25-26-27-28-29-30-31-33-35-37-39-41-43-45-47-57(75)70-52(53(74)46-44-42-40-38-36-34-32-18-16-14-12-10-8-6-4-2)51-83-67-63(81)60(78)65(55(49-72)85-67)88-69-64(82)61(79)66(56(50-73)86-69)87-68-62(80)59(77)58(76)54(48-71)84-68/h44,46,52-56,58-69,71-74,76-82H,3-43,45,47-51H2,1-2H3,(H,70,75)/b46-44+. The molecule has 3 rings (SSSR count). The van der Waals surface area contributed by atoms with Crippen LogP contribution in [0.2, 0.25) is 0 Å². The maximum absolute atomic E-state index is 13.4. The van der Waals surface area contributed by atoms with E-state index in [1.54, 1.807) is 6.08 Å². The summed E-state index contributed by atoms with van der Waals surface area (Å²) in [6, 6.07) is -0.968. The van der Waals surface area contributed by atoms with Crippen LogP contribution in [-0.4, -0.2) is 193 Å². The lowest BCUT2D eigenvalue weighted by atomic mass is 9.96. The van der Waals surface area contributed by atoms with Crippen LogP contribution in [0.15, 0.2) is 12.2 Å². The molecule has 0 aromatic heterocycles. The highest BCUT2D eigenvalue weighted by Crippen LogP contribution is 2.33. The van der Waals surface area contributed by atoms with E-state index >= 15 is 0 Å². The summed E-state index contributed by atoms with van der Waals surface area (Å²) in [5, 5.41) is 120. The molecule has 0 aromatic carbocycles. The lowest BCUT2D eigenvalue weighted by Gasteiger charge is -2.48. The number of hydrogen-bond acceptors (Lipinski definition) is 18. The maximum Gasteiger partial charge on any atom is 0.220 e. The van der Waals surface area contributed by atoms with Crippen molar-refractivity contribution in [2.45, 2.75) is 394 Å². The van der Waals surface area contributed by atoms with Gasteiger partial charge in [0.1, 0.15) is 73.2 Å². The van der Waals surface area contributed by atoms with Gasteiger partial charge < -0.3 is 89.9 Å². The van der Waals surface area contributed by atoms with Gasteiger partial charge in [0.15, 0.2) is 18.9 Å². The quantitative estimate of drug-likeness (QED) is 0.0199. The Bertz CT molecular complexity index is 1650. The number of carbonyl (C=O) groups excluding carboxylic acids is 1. The van der Waals surface area contributed by atoms with E-state index < -0.39 is 124 Å². The first-order valence-corrected chi connectivity index (χ1v) is 35.9. The van der Waals surface area contributed by atoms with Gasteiger partial charge in [-0.05, 0) is 19.3 Å². The fourth-order valence-corrected chi connectivity index (χ4v) is 12.5. The molecule has 0 aromatic rings. The van der Waals surface area contributed by atoms with E-state index in [4.69, 9.17) is 28.4 Å². The molecule has 17 unspecified atom stereocenters. The van der Waals surface area contributed by atoms with Gasteiger partial charge in [0.25, 0.3) is 0 Å². The molecule has 12 N–H and O–H groups in total. The van der Waals surface area contributed by atoms with Crippen molar-refractivity contribution in [1.29, 1.82) is 0 Å². The Morgan fingerprint density at radius 1 is 0.398 bits per heavy atom. The predicted octanol–water partition coefficient (Wildman–Crippen LogP) is 9.67. The zero-order valence-corrected chi connectivity index (χ0v) is 55.0. The van der Waals surface area contributed by atoms with Crippen molar-refractivity contribution in [3.8, 4) is 0 Å². The molecule has 520 valence electrons. The lowest BCUT2D eigenvalue weighted by Crippen LogP contribution is -2.66. The van der Waals surface area contributed by atoms with Gasteiger partial charge in [-0.25, -0.2) is 0 Å². The number of ether oxygens (including phenoxy) is 6. The number of aliphatic hydroxyl groups is 11. The predicted molar refractivity (Wildman–Crippen MR) is 342 cm³/mol. The van der Waals surface area contributed by atoms with E-state index in [-0.39, 0.29) is 18.9 Å². The smallest absolute Gasteiger partial charge is 0.220 e. The summed E-state index contributed by atoms with van der Waals surface area (Å²) in [5.41, 5.74) is 0. The third-order valence-corrected chi connectivity index (χ3v) is 18.3. The summed E-state index contributed by atoms with van der Waals surface area (Å²) in [5.74, 6) is -0.269. The summed E-state index contributed by atoms with van der Waals surface area (Å²) in [6.45, 7) is 1.77. The van der Waals surface area contributed by atoms with Crippen LogP contribution >= 0.6 is 0 Å². The second-order valence-corrected chi connectivity index (χ2v) is 26.1. The van der Waals surface area contributed by atoms with Crippen molar-refractivity contribution in [2.75, 3.05) is 26.4 Å². The van der Waals surface area contributed by atoms with Crippen LogP contribution < -0.4 is 5.32 Å². The molecule has 1 amide bonds. The van der Waals surface area contributed by atoms with Gasteiger partial charge in [0.05, 0.1) is 38.6 Å². The van der Waals surface area contributed by atoms with Crippen LogP contribution in [0.5, 0.6) is 0 Å². The number of rotatable bonds is 56. The van der Waals surface area contributed by atoms with E-state index in [2.05, 4.69) is 19.2 Å². The Hall–Kier alpha value is -1.47. The van der Waals surface area contributed by atoms with E-state index in [1.807, 2.05) is 6.08 Å². The molecule has 3 aliphatic rings. The summed E-state index contributed by atoms with van der Waals surface area (Å²) in [6.07, 6.45) is 30.6. The number of unbranched alkanes of at least 4 members (excludes halogenated alkanes) is 40. The van der Waals surface area contributed by atoms with Crippen LogP contribution in [0.4, 0.5) is 0 Å². The summed E-state index contributed by atoms with van der Waals surface area (Å²) in [4.78, 5) is 13.4. The zero-order valence-electron chi connectivity index (χ0n) is 55.0. The van der Waals surface area contributed by atoms with E-state index in [0.717, 1.165) is 44.9 Å². The minimum absolute atomic E-state index is 0.250. The van der Waals surface area contributed by atoms with Crippen molar-refractivity contribution in [2.24, 2.45) is 0 Å². The van der Waals surface area contributed by atoms with E-state index in [9.17, 15) is 61.0 Å². The number of aliphatic hydroxyl groups excluding tert-OH is 11. The molecule has 19 heteroatoms. The largest absolute Gasteiger partial charge is 0.394 e. The molecule has 3 aliphatic heterocycles. The maximum atomic E-state index is 13.4. The van der Waals surface area contributed by atoms with Gasteiger partial charge in [0.2, 0.25) is 5.91 Å². The highest BCUT2D eigenvalue weighted by atomic mass is 16.8. The Morgan fingerprint density at radius 2 is 0.705 bits per heavy atom. The fraction of sp³-hybridized carbons (Fsp3) is 0.957. The third kappa shape index (κ3) is 33.6. The summed E-state index contributed by atoms with van der Waals surface area (Å²) < 4.78 is 34.4. The van der Waals surface area contributed by atoms with Crippen molar-refractivity contribution in [3.63, 3.8) is 0 Å². The Morgan fingerprint density at radius 3 is 1.07 bits per heavy atom. The van der Waals surface area contributed by atoms with Gasteiger partial charge in [-0.2, -0.15) is 0 Å². The first-order valence-electron chi connectivity index (χ1n) is 35.9. The average molecular weight is 1260 g/mol. The molecule has 88 heavy (non-hydrogen) atoms. The molecule has 19 nitrogen and oxygen atoms in total. The highest BCUT2D eigenvalue weighted by Gasteiger charge is 2.53. The Balaban J connectivity index is 1.39. The van der Waals surface area contributed by atoms with Crippen molar-refractivity contribution < 1.29 is 89.4 Å². The molecule has 0 radical (unpaired) electrons. The second-order valence-electron chi connectivity index (χ2n) is 26.1. The van der Waals surface area contributed by atoms with Crippen LogP contribution in [0, 0.1) is 0 Å². The SMILES string of the molecule is CCCCCCCCCCCCCCC/C=C/C(O)C(COC1OC(CO)C(OC2OC(CO)C(OC3OC(CO)C(O)C(O)C3O)C(O)C2O)C(O)C1O)NC(=O)CCCCCCCCCCCCCCCCCCCCCCCCCCCCCC. The molecule has 0 aliphatic carbocycles. The number of carbonyl (C=O) groups is 1. The molecule has 3 heterocycles. The Kier molecular flexibility index (Phi) is 47.6. The van der Waals surface area contributed by atoms with Crippen molar-refractivity contribution >= 4 is 5.91 Å². The van der Waals surface area contributed by atoms with E-state index in [1.165, 1.54) is 218 Å². The van der Waals surface area contributed by atoms with Crippen LogP contribution in [0.25, 0.3) is 0 Å². The molecule has 0 spiro atoms. The fourth-order valence-electron chi connectivity index (χ4n) is 12.5. The number of nitrogens with one attached hydrogen (secondary N) is 1. The first-order chi connectivity index (χ1) is 42.8. The van der Waals surface area contributed by atoms with Crippen LogP contribution in [-0.2, 0) is 33.2 Å².